The molecule has 0 fully saturated rings. The molecule has 0 bridgehead atoms. The van der Waals surface area contributed by atoms with Crippen LogP contribution in [0.4, 0.5) is 0 Å². The lowest BCUT2D eigenvalue weighted by atomic mass is 10.1. The van der Waals surface area contributed by atoms with Crippen LogP contribution >= 0.6 is 0 Å². The third-order valence-corrected chi connectivity index (χ3v) is 3.06. The lowest BCUT2D eigenvalue weighted by Crippen LogP contribution is -2.36. The fourth-order valence-electron chi connectivity index (χ4n) is 2.03. The van der Waals surface area contributed by atoms with E-state index in [1.54, 1.807) is 0 Å². The molecule has 0 aliphatic carbocycles. The zero-order valence-corrected chi connectivity index (χ0v) is 13.1. The number of benzene rings is 1. The van der Waals surface area contributed by atoms with Crippen LogP contribution in [0.5, 0.6) is 5.75 Å². The van der Waals surface area contributed by atoms with Crippen molar-refractivity contribution in [3.8, 4) is 5.75 Å². The summed E-state index contributed by atoms with van der Waals surface area (Å²) in [5.74, 6) is 0.823. The fourth-order valence-corrected chi connectivity index (χ4v) is 2.03. The number of rotatable bonds is 7. The Morgan fingerprint density at radius 3 is 2.45 bits per heavy atom. The first-order valence-electron chi connectivity index (χ1n) is 7.16. The van der Waals surface area contributed by atoms with Crippen molar-refractivity contribution in [3.63, 3.8) is 0 Å². The SMILES string of the molecule is CNCC(C)C(=O)NC(C)c1ccccc1OC(C)C. The van der Waals surface area contributed by atoms with Crippen molar-refractivity contribution >= 4 is 5.91 Å². The highest BCUT2D eigenvalue weighted by molar-refractivity contribution is 5.79. The molecule has 112 valence electrons. The molecule has 20 heavy (non-hydrogen) atoms. The zero-order chi connectivity index (χ0) is 15.1. The Morgan fingerprint density at radius 2 is 1.85 bits per heavy atom. The van der Waals surface area contributed by atoms with E-state index in [1.165, 1.54) is 0 Å². The third-order valence-electron chi connectivity index (χ3n) is 3.06. The van der Waals surface area contributed by atoms with Gasteiger partial charge in [0.2, 0.25) is 5.91 Å². The molecular weight excluding hydrogens is 252 g/mol. The summed E-state index contributed by atoms with van der Waals surface area (Å²) in [6.45, 7) is 8.55. The van der Waals surface area contributed by atoms with Crippen molar-refractivity contribution in [2.45, 2.75) is 39.8 Å². The van der Waals surface area contributed by atoms with Crippen molar-refractivity contribution in [2.24, 2.45) is 5.92 Å². The molecule has 0 radical (unpaired) electrons. The molecule has 0 spiro atoms. The van der Waals surface area contributed by atoms with Gasteiger partial charge in [-0.3, -0.25) is 4.79 Å². The van der Waals surface area contributed by atoms with Gasteiger partial charge >= 0.3 is 0 Å². The van der Waals surface area contributed by atoms with E-state index in [2.05, 4.69) is 10.6 Å². The number of ether oxygens (including phenoxy) is 1. The van der Waals surface area contributed by atoms with Crippen LogP contribution in [0.25, 0.3) is 0 Å². The van der Waals surface area contributed by atoms with E-state index in [0.717, 1.165) is 11.3 Å². The maximum Gasteiger partial charge on any atom is 0.224 e. The highest BCUT2D eigenvalue weighted by Crippen LogP contribution is 2.25. The largest absolute Gasteiger partial charge is 0.491 e. The first kappa shape index (κ1) is 16.5. The molecule has 1 rings (SSSR count). The number of amides is 1. The molecule has 0 saturated carbocycles. The van der Waals surface area contributed by atoms with Crippen LogP contribution in [0.1, 0.15) is 39.3 Å². The summed E-state index contributed by atoms with van der Waals surface area (Å²) in [6, 6.07) is 7.76. The van der Waals surface area contributed by atoms with Gasteiger partial charge in [0.15, 0.2) is 0 Å². The van der Waals surface area contributed by atoms with E-state index in [4.69, 9.17) is 4.74 Å². The van der Waals surface area contributed by atoms with Crippen molar-refractivity contribution in [2.75, 3.05) is 13.6 Å². The Hall–Kier alpha value is -1.55. The maximum atomic E-state index is 12.1. The van der Waals surface area contributed by atoms with E-state index in [0.29, 0.717) is 6.54 Å². The summed E-state index contributed by atoms with van der Waals surface area (Å²) in [7, 11) is 1.85. The van der Waals surface area contributed by atoms with E-state index in [9.17, 15) is 4.79 Å². The van der Waals surface area contributed by atoms with Crippen molar-refractivity contribution < 1.29 is 9.53 Å². The van der Waals surface area contributed by atoms with Gasteiger partial charge in [-0.2, -0.15) is 0 Å². The molecule has 1 amide bonds. The highest BCUT2D eigenvalue weighted by atomic mass is 16.5. The second-order valence-electron chi connectivity index (χ2n) is 5.39. The van der Waals surface area contributed by atoms with Crippen LogP contribution in [0.3, 0.4) is 0 Å². The van der Waals surface area contributed by atoms with Crippen LogP contribution in [0.15, 0.2) is 24.3 Å². The van der Waals surface area contributed by atoms with Crippen molar-refractivity contribution in [1.29, 1.82) is 0 Å². The van der Waals surface area contributed by atoms with Crippen LogP contribution in [0, 0.1) is 5.92 Å². The topological polar surface area (TPSA) is 50.4 Å². The standard InChI is InChI=1S/C16H26N2O2/c1-11(2)20-15-9-7-6-8-14(15)13(4)18-16(19)12(3)10-17-5/h6-9,11-13,17H,10H2,1-5H3,(H,18,19). The molecule has 2 N–H and O–H groups in total. The van der Waals surface area contributed by atoms with Gasteiger partial charge in [-0.25, -0.2) is 0 Å². The highest BCUT2D eigenvalue weighted by Gasteiger charge is 2.18. The molecule has 0 saturated heterocycles. The lowest BCUT2D eigenvalue weighted by Gasteiger charge is -2.21. The van der Waals surface area contributed by atoms with Gasteiger partial charge in [-0.15, -0.1) is 0 Å². The van der Waals surface area contributed by atoms with Crippen LogP contribution in [-0.4, -0.2) is 25.6 Å². The molecule has 0 heterocycles. The van der Waals surface area contributed by atoms with Crippen LogP contribution in [-0.2, 0) is 4.79 Å². The molecule has 2 atom stereocenters. The minimum Gasteiger partial charge on any atom is -0.491 e. The smallest absolute Gasteiger partial charge is 0.224 e. The Balaban J connectivity index is 2.76. The van der Waals surface area contributed by atoms with Gasteiger partial charge in [0.1, 0.15) is 5.75 Å². The number of nitrogens with one attached hydrogen (secondary N) is 2. The Morgan fingerprint density at radius 1 is 1.20 bits per heavy atom. The van der Waals surface area contributed by atoms with Gasteiger partial charge in [-0.1, -0.05) is 25.1 Å². The molecule has 0 aromatic heterocycles. The summed E-state index contributed by atoms with van der Waals surface area (Å²) in [5.41, 5.74) is 1.01. The monoisotopic (exact) mass is 278 g/mol. The van der Waals surface area contributed by atoms with Gasteiger partial charge in [0, 0.05) is 18.0 Å². The van der Waals surface area contributed by atoms with Gasteiger partial charge in [-0.05, 0) is 33.9 Å². The molecule has 0 aliphatic rings. The minimum atomic E-state index is -0.0724. The van der Waals surface area contributed by atoms with E-state index in [-0.39, 0.29) is 24.0 Å². The first-order chi connectivity index (χ1) is 9.45. The van der Waals surface area contributed by atoms with E-state index in [1.807, 2.05) is 59.0 Å². The third kappa shape index (κ3) is 4.85. The molecule has 1 aromatic rings. The average molecular weight is 278 g/mol. The second kappa shape index (κ2) is 7.90. The summed E-state index contributed by atoms with van der Waals surface area (Å²) < 4.78 is 5.79. The van der Waals surface area contributed by atoms with Gasteiger partial charge in [0.05, 0.1) is 12.1 Å². The van der Waals surface area contributed by atoms with E-state index < -0.39 is 0 Å². The number of hydrogen-bond donors (Lipinski definition) is 2. The maximum absolute atomic E-state index is 12.1. The molecule has 0 aliphatic heterocycles. The predicted molar refractivity (Wildman–Crippen MR) is 81.9 cm³/mol. The Bertz CT molecular complexity index is 432. The molecule has 4 heteroatoms. The summed E-state index contributed by atoms with van der Waals surface area (Å²) >= 11 is 0. The number of carbonyl (C=O) groups excluding carboxylic acids is 1. The summed E-state index contributed by atoms with van der Waals surface area (Å²) in [6.07, 6.45) is 0.113. The van der Waals surface area contributed by atoms with Gasteiger partial charge in [0.25, 0.3) is 0 Å². The summed E-state index contributed by atoms with van der Waals surface area (Å²) in [4.78, 5) is 12.1. The predicted octanol–water partition coefficient (Wildman–Crippen LogP) is 2.51. The van der Waals surface area contributed by atoms with E-state index >= 15 is 0 Å². The molecule has 4 nitrogen and oxygen atoms in total. The molecule has 1 aromatic carbocycles. The van der Waals surface area contributed by atoms with Crippen molar-refractivity contribution in [3.05, 3.63) is 29.8 Å². The first-order valence-corrected chi connectivity index (χ1v) is 7.16. The average Bonchev–Trinajstić information content (AvgIpc) is 2.38. The number of para-hydroxylation sites is 1. The second-order valence-corrected chi connectivity index (χ2v) is 5.39. The van der Waals surface area contributed by atoms with Crippen LogP contribution in [0.2, 0.25) is 0 Å². The fraction of sp³-hybridized carbons (Fsp3) is 0.562. The minimum absolute atomic E-state index is 0.0474. The Kier molecular flexibility index (Phi) is 6.52. The van der Waals surface area contributed by atoms with Gasteiger partial charge < -0.3 is 15.4 Å². The lowest BCUT2D eigenvalue weighted by molar-refractivity contribution is -0.125. The van der Waals surface area contributed by atoms with Crippen LogP contribution < -0.4 is 15.4 Å². The number of carbonyl (C=O) groups is 1. The summed E-state index contributed by atoms with van der Waals surface area (Å²) in [5, 5.41) is 6.05. The quantitative estimate of drug-likeness (QED) is 0.805. The van der Waals surface area contributed by atoms with Crippen molar-refractivity contribution in [1.82, 2.24) is 10.6 Å². The molecule has 2 unspecified atom stereocenters. The normalized spacial score (nSPS) is 13.9. The molecular formula is C16H26N2O2. The number of hydrogen-bond acceptors (Lipinski definition) is 3. The Labute approximate surface area is 121 Å². The zero-order valence-electron chi connectivity index (χ0n) is 13.1.